The van der Waals surface area contributed by atoms with Crippen molar-refractivity contribution in [1.29, 1.82) is 0 Å². The van der Waals surface area contributed by atoms with Crippen LogP contribution in [-0.2, 0) is 4.79 Å². The van der Waals surface area contributed by atoms with E-state index in [4.69, 9.17) is 5.11 Å². The summed E-state index contributed by atoms with van der Waals surface area (Å²) in [6.45, 7) is 2.35. The lowest BCUT2D eigenvalue weighted by Crippen LogP contribution is -2.39. The molecule has 2 N–H and O–H groups in total. The number of aliphatic hydroxyl groups excluding tert-OH is 1. The summed E-state index contributed by atoms with van der Waals surface area (Å²) in [4.78, 5) is 13.1. The van der Waals surface area contributed by atoms with Gasteiger partial charge in [0.25, 0.3) is 0 Å². The van der Waals surface area contributed by atoms with Crippen molar-refractivity contribution in [3.8, 4) is 0 Å². The molecule has 0 saturated heterocycles. The zero-order chi connectivity index (χ0) is 14.4. The van der Waals surface area contributed by atoms with Crippen LogP contribution in [-0.4, -0.2) is 29.4 Å². The van der Waals surface area contributed by atoms with E-state index in [1.807, 2.05) is 12.1 Å². The van der Waals surface area contributed by atoms with Gasteiger partial charge in [-0.25, -0.2) is 0 Å². The maximum atomic E-state index is 12.0. The number of nitrogens with one attached hydrogen (secondary N) is 1. The fraction of sp³-hybridized carbons (Fsp3) is 0.562. The standard InChI is InChI=1S/C16H23NO2S/c1-12-4-2-3-5-15(12)20-11-16(19)17-14-8-6-13(10-18)7-9-14/h2-5,13-14,18H,6-11H2,1H3,(H,17,19). The van der Waals surface area contributed by atoms with E-state index >= 15 is 0 Å². The number of benzene rings is 1. The summed E-state index contributed by atoms with van der Waals surface area (Å²) in [7, 11) is 0. The van der Waals surface area contributed by atoms with Crippen LogP contribution in [0.5, 0.6) is 0 Å². The van der Waals surface area contributed by atoms with Gasteiger partial charge in [0.2, 0.25) is 5.91 Å². The Balaban J connectivity index is 1.72. The average Bonchev–Trinajstić information content (AvgIpc) is 2.47. The van der Waals surface area contributed by atoms with Crippen molar-refractivity contribution in [1.82, 2.24) is 5.32 Å². The highest BCUT2D eigenvalue weighted by atomic mass is 32.2. The molecule has 0 bridgehead atoms. The average molecular weight is 293 g/mol. The van der Waals surface area contributed by atoms with E-state index in [9.17, 15) is 4.79 Å². The maximum absolute atomic E-state index is 12.0. The van der Waals surface area contributed by atoms with Crippen LogP contribution in [0.15, 0.2) is 29.2 Å². The fourth-order valence-corrected chi connectivity index (χ4v) is 3.46. The molecule has 0 atom stereocenters. The van der Waals surface area contributed by atoms with Crippen LogP contribution in [0.1, 0.15) is 31.2 Å². The Bertz CT molecular complexity index is 442. The van der Waals surface area contributed by atoms with Crippen LogP contribution in [0.25, 0.3) is 0 Å². The van der Waals surface area contributed by atoms with Gasteiger partial charge < -0.3 is 10.4 Å². The second-order valence-corrected chi connectivity index (χ2v) is 6.54. The zero-order valence-electron chi connectivity index (χ0n) is 12.0. The van der Waals surface area contributed by atoms with E-state index in [0.29, 0.717) is 17.7 Å². The molecule has 1 aliphatic rings. The normalized spacial score (nSPS) is 22.5. The molecular formula is C16H23NO2S. The van der Waals surface area contributed by atoms with Crippen LogP contribution >= 0.6 is 11.8 Å². The fourth-order valence-electron chi connectivity index (χ4n) is 2.62. The minimum Gasteiger partial charge on any atom is -0.396 e. The number of thioether (sulfide) groups is 1. The molecular weight excluding hydrogens is 270 g/mol. The third kappa shape index (κ3) is 4.53. The number of rotatable bonds is 5. The smallest absolute Gasteiger partial charge is 0.230 e. The lowest BCUT2D eigenvalue weighted by atomic mass is 9.86. The molecule has 0 aliphatic heterocycles. The van der Waals surface area contributed by atoms with Crippen molar-refractivity contribution in [3.63, 3.8) is 0 Å². The second kappa shape index (κ2) is 7.70. The number of carbonyl (C=O) groups excluding carboxylic acids is 1. The van der Waals surface area contributed by atoms with Gasteiger partial charge in [-0.15, -0.1) is 11.8 Å². The topological polar surface area (TPSA) is 49.3 Å². The summed E-state index contributed by atoms with van der Waals surface area (Å²) in [5.41, 5.74) is 1.22. The van der Waals surface area contributed by atoms with E-state index in [1.165, 1.54) is 10.5 Å². The molecule has 3 nitrogen and oxygen atoms in total. The van der Waals surface area contributed by atoms with Crippen LogP contribution < -0.4 is 5.32 Å². The number of amides is 1. The van der Waals surface area contributed by atoms with Crippen molar-refractivity contribution in [2.24, 2.45) is 5.92 Å². The second-order valence-electron chi connectivity index (χ2n) is 5.52. The van der Waals surface area contributed by atoms with Crippen LogP contribution in [0.3, 0.4) is 0 Å². The molecule has 0 spiro atoms. The number of carbonyl (C=O) groups is 1. The van der Waals surface area contributed by atoms with Gasteiger partial charge in [0.15, 0.2) is 0 Å². The monoisotopic (exact) mass is 293 g/mol. The maximum Gasteiger partial charge on any atom is 0.230 e. The van der Waals surface area contributed by atoms with Crippen LogP contribution in [0.4, 0.5) is 0 Å². The predicted molar refractivity (Wildman–Crippen MR) is 82.9 cm³/mol. The lowest BCUT2D eigenvalue weighted by molar-refractivity contribution is -0.119. The summed E-state index contributed by atoms with van der Waals surface area (Å²) >= 11 is 1.60. The lowest BCUT2D eigenvalue weighted by Gasteiger charge is -2.27. The van der Waals surface area contributed by atoms with Gasteiger partial charge in [-0.1, -0.05) is 18.2 Å². The van der Waals surface area contributed by atoms with E-state index in [1.54, 1.807) is 11.8 Å². The van der Waals surface area contributed by atoms with Crippen molar-refractivity contribution in [2.75, 3.05) is 12.4 Å². The van der Waals surface area contributed by atoms with Gasteiger partial charge in [-0.3, -0.25) is 4.79 Å². The van der Waals surface area contributed by atoms with Crippen LogP contribution in [0, 0.1) is 12.8 Å². The van der Waals surface area contributed by atoms with Gasteiger partial charge in [0.1, 0.15) is 0 Å². The van der Waals surface area contributed by atoms with Gasteiger partial charge in [0.05, 0.1) is 5.75 Å². The molecule has 110 valence electrons. The minimum atomic E-state index is 0.116. The SMILES string of the molecule is Cc1ccccc1SCC(=O)NC1CCC(CO)CC1. The Morgan fingerprint density at radius 1 is 1.30 bits per heavy atom. The molecule has 1 aromatic carbocycles. The summed E-state index contributed by atoms with van der Waals surface area (Å²) in [6, 6.07) is 8.43. The van der Waals surface area contributed by atoms with Crippen molar-refractivity contribution >= 4 is 17.7 Å². The van der Waals surface area contributed by atoms with Gasteiger partial charge in [0, 0.05) is 17.5 Å². The van der Waals surface area contributed by atoms with Crippen LogP contribution in [0.2, 0.25) is 0 Å². The quantitative estimate of drug-likeness (QED) is 0.821. The van der Waals surface area contributed by atoms with Gasteiger partial charge in [-0.05, 0) is 50.2 Å². The zero-order valence-corrected chi connectivity index (χ0v) is 12.8. The first kappa shape index (κ1) is 15.4. The Kier molecular flexibility index (Phi) is 5.92. The number of hydrogen-bond donors (Lipinski definition) is 2. The molecule has 4 heteroatoms. The van der Waals surface area contributed by atoms with E-state index < -0.39 is 0 Å². The van der Waals surface area contributed by atoms with E-state index in [2.05, 4.69) is 24.4 Å². The third-order valence-corrected chi connectivity index (χ3v) is 5.10. The Morgan fingerprint density at radius 3 is 2.65 bits per heavy atom. The Labute approximate surface area is 125 Å². The van der Waals surface area contributed by atoms with E-state index in [-0.39, 0.29) is 12.5 Å². The predicted octanol–water partition coefficient (Wildman–Crippen LogP) is 2.75. The molecule has 0 heterocycles. The first-order valence-corrected chi connectivity index (χ1v) is 8.26. The molecule has 0 aromatic heterocycles. The Hall–Kier alpha value is -1.00. The molecule has 1 saturated carbocycles. The number of aliphatic hydroxyl groups is 1. The molecule has 20 heavy (non-hydrogen) atoms. The highest BCUT2D eigenvalue weighted by molar-refractivity contribution is 8.00. The molecule has 2 rings (SSSR count). The largest absolute Gasteiger partial charge is 0.396 e. The molecule has 1 aromatic rings. The first-order chi connectivity index (χ1) is 9.69. The number of hydrogen-bond acceptors (Lipinski definition) is 3. The van der Waals surface area contributed by atoms with E-state index in [0.717, 1.165) is 25.7 Å². The first-order valence-electron chi connectivity index (χ1n) is 7.27. The number of aryl methyl sites for hydroxylation is 1. The Morgan fingerprint density at radius 2 is 2.00 bits per heavy atom. The highest BCUT2D eigenvalue weighted by Gasteiger charge is 2.21. The van der Waals surface area contributed by atoms with Crippen molar-refractivity contribution < 1.29 is 9.90 Å². The molecule has 1 aliphatic carbocycles. The molecule has 1 fully saturated rings. The highest BCUT2D eigenvalue weighted by Crippen LogP contribution is 2.24. The van der Waals surface area contributed by atoms with Gasteiger partial charge in [-0.2, -0.15) is 0 Å². The van der Waals surface area contributed by atoms with Crippen molar-refractivity contribution in [3.05, 3.63) is 29.8 Å². The molecule has 0 radical (unpaired) electrons. The summed E-state index contributed by atoms with van der Waals surface area (Å²) in [5, 5.41) is 12.2. The molecule has 1 amide bonds. The third-order valence-electron chi connectivity index (χ3n) is 3.92. The summed E-state index contributed by atoms with van der Waals surface area (Å²) in [6.07, 6.45) is 4.02. The summed E-state index contributed by atoms with van der Waals surface area (Å²) in [5.74, 6) is 1.03. The molecule has 0 unspecified atom stereocenters. The van der Waals surface area contributed by atoms with Crippen molar-refractivity contribution in [2.45, 2.75) is 43.5 Å². The minimum absolute atomic E-state index is 0.116. The summed E-state index contributed by atoms with van der Waals surface area (Å²) < 4.78 is 0. The van der Waals surface area contributed by atoms with Gasteiger partial charge >= 0.3 is 0 Å².